The van der Waals surface area contributed by atoms with Crippen molar-refractivity contribution in [3.8, 4) is 22.5 Å². The van der Waals surface area contributed by atoms with Crippen molar-refractivity contribution in [2.24, 2.45) is 0 Å². The molecule has 0 saturated carbocycles. The molecule has 12 rings (SSSR count). The summed E-state index contributed by atoms with van der Waals surface area (Å²) < 4.78 is 4.78. The van der Waals surface area contributed by atoms with E-state index in [9.17, 15) is 0 Å². The highest BCUT2D eigenvalue weighted by molar-refractivity contribution is 6.13. The number of hydrogen-bond donors (Lipinski definition) is 0. The molecule has 4 aromatic heterocycles. The molecule has 0 fully saturated rings. The Hall–Kier alpha value is -8.74. The Bertz CT molecular complexity index is 3400. The first-order valence-corrected chi connectivity index (χ1v) is 22.4. The number of anilines is 6. The van der Waals surface area contributed by atoms with Crippen LogP contribution in [0.5, 0.6) is 0 Å². The summed E-state index contributed by atoms with van der Waals surface area (Å²) in [5.41, 5.74) is 17.5. The number of aromatic nitrogens is 4. The molecule has 0 spiro atoms. The quantitative estimate of drug-likeness (QED) is 0.145. The van der Waals surface area contributed by atoms with Crippen LogP contribution in [0.1, 0.15) is 11.1 Å². The highest BCUT2D eigenvalue weighted by atomic mass is 15.1. The van der Waals surface area contributed by atoms with Gasteiger partial charge in [-0.3, -0.25) is 9.97 Å². The Kier molecular flexibility index (Phi) is 9.50. The number of pyridine rings is 2. The second-order valence-electron chi connectivity index (χ2n) is 16.9. The van der Waals surface area contributed by atoms with E-state index in [1.54, 1.807) is 0 Å². The minimum atomic E-state index is 0.991. The van der Waals surface area contributed by atoms with Gasteiger partial charge in [0.1, 0.15) is 0 Å². The number of aryl methyl sites for hydroxylation is 2. The van der Waals surface area contributed by atoms with Crippen molar-refractivity contribution in [3.05, 3.63) is 242 Å². The molecule has 0 atom stereocenters. The second-order valence-corrected chi connectivity index (χ2v) is 16.9. The predicted molar refractivity (Wildman–Crippen MR) is 275 cm³/mol. The average molecular weight is 849 g/mol. The summed E-state index contributed by atoms with van der Waals surface area (Å²) in [5.74, 6) is 0. The molecule has 0 aliphatic heterocycles. The number of hydrogen-bond acceptors (Lipinski definition) is 4. The van der Waals surface area contributed by atoms with Gasteiger partial charge >= 0.3 is 0 Å². The standard InChI is InChI=1S/C60H44N6/c1-41-23-27-55-51(35-41)53-37-47(63(43-15-7-3-8-16-43)44-17-9-4-10-18-44)25-29-57(53)65(55)59-39-61-33-31-49(59)50-32-34-62-40-60(50)66-56-28-24-42(2)36-52(56)54-38-48(26-30-58(54)66)64(45-19-11-5-12-20-45)46-21-13-6-14-22-46/h3-40H,1-2H3. The average Bonchev–Trinajstić information content (AvgIpc) is 3.86. The zero-order valence-corrected chi connectivity index (χ0v) is 36.6. The van der Waals surface area contributed by atoms with Crippen LogP contribution >= 0.6 is 0 Å². The van der Waals surface area contributed by atoms with E-state index < -0.39 is 0 Å². The zero-order valence-electron chi connectivity index (χ0n) is 36.6. The molecule has 0 unspecified atom stereocenters. The van der Waals surface area contributed by atoms with E-state index in [1.165, 1.54) is 32.7 Å². The van der Waals surface area contributed by atoms with Gasteiger partial charge in [-0.05, 0) is 135 Å². The molecule has 8 aromatic carbocycles. The van der Waals surface area contributed by atoms with Gasteiger partial charge in [0.15, 0.2) is 0 Å². The Balaban J connectivity index is 1.05. The molecule has 0 bridgehead atoms. The molecule has 0 amide bonds. The molecule has 4 heterocycles. The summed E-state index contributed by atoms with van der Waals surface area (Å²) in [7, 11) is 0. The SMILES string of the molecule is Cc1ccc2c(c1)c1cc(N(c3ccccc3)c3ccccc3)ccc1n2-c1cnccc1-c1ccncc1-n1c2ccc(C)cc2c2cc(N(c3ccccc3)c3ccccc3)ccc21. The Morgan fingerprint density at radius 2 is 0.636 bits per heavy atom. The fourth-order valence-electron chi connectivity index (χ4n) is 9.83. The summed E-state index contributed by atoms with van der Waals surface area (Å²) in [6.07, 6.45) is 7.82. The molecule has 6 nitrogen and oxygen atoms in total. The smallest absolute Gasteiger partial charge is 0.0724 e. The first kappa shape index (κ1) is 38.9. The molecular weight excluding hydrogens is 805 g/mol. The van der Waals surface area contributed by atoms with Gasteiger partial charge in [0.25, 0.3) is 0 Å². The molecule has 0 aliphatic carbocycles. The molecule has 0 radical (unpaired) electrons. The summed E-state index contributed by atoms with van der Waals surface area (Å²) in [6, 6.07) is 73.9. The van der Waals surface area contributed by atoms with Gasteiger partial charge in [-0.15, -0.1) is 0 Å². The summed E-state index contributed by atoms with van der Waals surface area (Å²) in [4.78, 5) is 14.3. The lowest BCUT2D eigenvalue weighted by molar-refractivity contribution is 1.12. The van der Waals surface area contributed by atoms with E-state index >= 15 is 0 Å². The van der Waals surface area contributed by atoms with E-state index in [4.69, 9.17) is 9.97 Å². The fraction of sp³-hybridized carbons (Fsp3) is 0.0333. The van der Waals surface area contributed by atoms with Crippen molar-refractivity contribution in [3.63, 3.8) is 0 Å². The summed E-state index contributed by atoms with van der Waals surface area (Å²) >= 11 is 0. The van der Waals surface area contributed by atoms with E-state index in [-0.39, 0.29) is 0 Å². The maximum absolute atomic E-state index is 4.81. The zero-order chi connectivity index (χ0) is 44.1. The van der Waals surface area contributed by atoms with Gasteiger partial charge in [0.2, 0.25) is 0 Å². The highest BCUT2D eigenvalue weighted by Crippen LogP contribution is 2.44. The van der Waals surface area contributed by atoms with E-state index in [0.29, 0.717) is 0 Å². The molecule has 0 N–H and O–H groups in total. The Morgan fingerprint density at radius 1 is 0.318 bits per heavy atom. The highest BCUT2D eigenvalue weighted by Gasteiger charge is 2.23. The number of nitrogens with zero attached hydrogens (tertiary/aromatic N) is 6. The number of benzene rings is 8. The summed E-state index contributed by atoms with van der Waals surface area (Å²) in [6.45, 7) is 4.34. The van der Waals surface area contributed by atoms with Gasteiger partial charge in [0, 0.05) is 79.2 Å². The first-order valence-electron chi connectivity index (χ1n) is 22.4. The van der Waals surface area contributed by atoms with Gasteiger partial charge in [-0.1, -0.05) is 96.1 Å². The van der Waals surface area contributed by atoms with Crippen LogP contribution in [0.25, 0.3) is 66.1 Å². The molecule has 0 aliphatic rings. The maximum atomic E-state index is 4.81. The van der Waals surface area contributed by atoms with Crippen LogP contribution in [0.15, 0.2) is 231 Å². The van der Waals surface area contributed by atoms with Crippen molar-refractivity contribution in [2.75, 3.05) is 9.80 Å². The first-order chi connectivity index (χ1) is 32.6. The van der Waals surface area contributed by atoms with E-state index in [1.807, 2.05) is 24.8 Å². The predicted octanol–water partition coefficient (Wildman–Crippen LogP) is 15.9. The van der Waals surface area contributed by atoms with Gasteiger partial charge in [-0.2, -0.15) is 0 Å². The number of fused-ring (bicyclic) bond motifs is 6. The van der Waals surface area contributed by atoms with Crippen LogP contribution in [0, 0.1) is 13.8 Å². The lowest BCUT2D eigenvalue weighted by Gasteiger charge is -2.25. The lowest BCUT2D eigenvalue weighted by atomic mass is 10.0. The van der Waals surface area contributed by atoms with Crippen molar-refractivity contribution in [1.29, 1.82) is 0 Å². The van der Waals surface area contributed by atoms with Crippen LogP contribution in [0.3, 0.4) is 0 Å². The molecule has 66 heavy (non-hydrogen) atoms. The van der Waals surface area contributed by atoms with Gasteiger partial charge in [-0.25, -0.2) is 0 Å². The van der Waals surface area contributed by atoms with Crippen LogP contribution in [0.4, 0.5) is 34.1 Å². The number of para-hydroxylation sites is 4. The Labute approximate surface area is 383 Å². The lowest BCUT2D eigenvalue weighted by Crippen LogP contribution is -2.09. The molecule has 6 heteroatoms. The van der Waals surface area contributed by atoms with Crippen LogP contribution in [-0.4, -0.2) is 19.1 Å². The Morgan fingerprint density at radius 3 is 0.985 bits per heavy atom. The third kappa shape index (κ3) is 6.58. The normalized spacial score (nSPS) is 11.5. The fourth-order valence-corrected chi connectivity index (χ4v) is 9.83. The van der Waals surface area contributed by atoms with E-state index in [0.717, 1.165) is 78.7 Å². The van der Waals surface area contributed by atoms with Crippen molar-refractivity contribution >= 4 is 77.7 Å². The van der Waals surface area contributed by atoms with Crippen molar-refractivity contribution in [1.82, 2.24) is 19.1 Å². The van der Waals surface area contributed by atoms with Crippen LogP contribution in [0.2, 0.25) is 0 Å². The minimum absolute atomic E-state index is 0.991. The molecular formula is C60H44N6. The minimum Gasteiger partial charge on any atom is -0.310 e. The van der Waals surface area contributed by atoms with Crippen LogP contribution < -0.4 is 9.80 Å². The maximum Gasteiger partial charge on any atom is 0.0724 e. The molecule has 12 aromatic rings. The molecule has 0 saturated heterocycles. The van der Waals surface area contributed by atoms with Crippen LogP contribution in [-0.2, 0) is 0 Å². The van der Waals surface area contributed by atoms with Gasteiger partial charge in [0.05, 0.1) is 45.8 Å². The number of rotatable bonds is 9. The van der Waals surface area contributed by atoms with Gasteiger partial charge < -0.3 is 18.9 Å². The van der Waals surface area contributed by atoms with Crippen molar-refractivity contribution < 1.29 is 0 Å². The third-order valence-electron chi connectivity index (χ3n) is 12.8. The molecule has 314 valence electrons. The topological polar surface area (TPSA) is 42.1 Å². The second kappa shape index (κ2) is 16.1. The largest absolute Gasteiger partial charge is 0.310 e. The third-order valence-corrected chi connectivity index (χ3v) is 12.8. The van der Waals surface area contributed by atoms with Crippen molar-refractivity contribution in [2.45, 2.75) is 13.8 Å². The summed E-state index contributed by atoms with van der Waals surface area (Å²) in [5, 5.41) is 4.71. The van der Waals surface area contributed by atoms with E-state index in [2.05, 4.69) is 239 Å². The monoisotopic (exact) mass is 848 g/mol.